The van der Waals surface area contributed by atoms with Crippen LogP contribution in [0, 0.1) is 6.92 Å². The van der Waals surface area contributed by atoms with E-state index < -0.39 is 0 Å². The Morgan fingerprint density at radius 1 is 1.29 bits per heavy atom. The molecule has 1 aliphatic heterocycles. The Hall–Kier alpha value is 0.430. The molecule has 0 aliphatic carbocycles. The van der Waals surface area contributed by atoms with E-state index in [2.05, 4.69) is 50.9 Å². The molecule has 1 nitrogen and oxygen atoms in total. The second-order valence-electron chi connectivity index (χ2n) is 4.43. The number of aryl methyl sites for hydroxylation is 1. The third-order valence-electron chi connectivity index (χ3n) is 3.12. The van der Waals surface area contributed by atoms with Crippen molar-refractivity contribution in [1.82, 2.24) is 0 Å². The summed E-state index contributed by atoms with van der Waals surface area (Å²) < 4.78 is 7.91. The number of halogens is 3. The zero-order valence-electron chi connectivity index (χ0n) is 9.68. The largest absolute Gasteiger partial charge is 0.376 e. The molecule has 94 valence electrons. The standard InChI is InChI=1S/C13H15Br2ClO/c1-8-6-11(15)9(7-10(8)14)13(16)12-4-2-3-5-17-12/h6-7,12-13H,2-5H2,1H3. The Labute approximate surface area is 124 Å². The molecular formula is C13H15Br2ClO. The summed E-state index contributed by atoms with van der Waals surface area (Å²) in [5, 5.41) is -0.0819. The summed E-state index contributed by atoms with van der Waals surface area (Å²) in [6, 6.07) is 4.19. The van der Waals surface area contributed by atoms with Gasteiger partial charge < -0.3 is 4.74 Å². The van der Waals surface area contributed by atoms with E-state index in [-0.39, 0.29) is 11.5 Å². The maximum atomic E-state index is 6.54. The van der Waals surface area contributed by atoms with E-state index >= 15 is 0 Å². The minimum Gasteiger partial charge on any atom is -0.376 e. The van der Waals surface area contributed by atoms with Gasteiger partial charge in [-0.3, -0.25) is 0 Å². The van der Waals surface area contributed by atoms with Crippen molar-refractivity contribution in [1.29, 1.82) is 0 Å². The van der Waals surface area contributed by atoms with Gasteiger partial charge in [0.05, 0.1) is 11.5 Å². The molecule has 1 fully saturated rings. The van der Waals surface area contributed by atoms with Crippen LogP contribution in [0.1, 0.15) is 35.8 Å². The molecule has 1 saturated heterocycles. The maximum absolute atomic E-state index is 6.54. The summed E-state index contributed by atoms with van der Waals surface area (Å²) >= 11 is 13.7. The molecule has 4 heteroatoms. The van der Waals surface area contributed by atoms with E-state index in [1.54, 1.807) is 0 Å². The highest BCUT2D eigenvalue weighted by Crippen LogP contribution is 2.38. The van der Waals surface area contributed by atoms with Crippen LogP contribution in [0.4, 0.5) is 0 Å². The molecule has 0 bridgehead atoms. The topological polar surface area (TPSA) is 9.23 Å². The molecule has 1 aromatic carbocycles. The maximum Gasteiger partial charge on any atom is 0.0858 e. The van der Waals surface area contributed by atoms with Gasteiger partial charge in [0.1, 0.15) is 0 Å². The number of benzene rings is 1. The smallest absolute Gasteiger partial charge is 0.0858 e. The normalized spacial score (nSPS) is 22.5. The van der Waals surface area contributed by atoms with Gasteiger partial charge in [-0.05, 0) is 49.4 Å². The minimum absolute atomic E-state index is 0.0819. The number of rotatable bonds is 2. The summed E-state index contributed by atoms with van der Waals surface area (Å²) in [7, 11) is 0. The first-order valence-corrected chi connectivity index (χ1v) is 7.83. The van der Waals surface area contributed by atoms with Crippen LogP contribution in [0.5, 0.6) is 0 Å². The lowest BCUT2D eigenvalue weighted by Crippen LogP contribution is -2.23. The third-order valence-corrected chi connectivity index (χ3v) is 5.17. The van der Waals surface area contributed by atoms with Gasteiger partial charge in [-0.15, -0.1) is 11.6 Å². The van der Waals surface area contributed by atoms with E-state index in [1.165, 1.54) is 12.0 Å². The summed E-state index contributed by atoms with van der Waals surface area (Å²) in [6.07, 6.45) is 3.54. The van der Waals surface area contributed by atoms with Gasteiger partial charge >= 0.3 is 0 Å². The molecule has 2 unspecified atom stereocenters. The molecule has 17 heavy (non-hydrogen) atoms. The first-order chi connectivity index (χ1) is 8.09. The van der Waals surface area contributed by atoms with Gasteiger partial charge in [-0.2, -0.15) is 0 Å². The predicted molar refractivity (Wildman–Crippen MR) is 78.8 cm³/mol. The second-order valence-corrected chi connectivity index (χ2v) is 6.61. The van der Waals surface area contributed by atoms with E-state index in [1.807, 2.05) is 0 Å². The van der Waals surface area contributed by atoms with Crippen LogP contribution in [0.15, 0.2) is 21.1 Å². The summed E-state index contributed by atoms with van der Waals surface area (Å²) in [6.45, 7) is 2.90. The zero-order chi connectivity index (χ0) is 12.4. The Morgan fingerprint density at radius 3 is 2.71 bits per heavy atom. The molecule has 2 atom stereocenters. The highest BCUT2D eigenvalue weighted by Gasteiger charge is 2.26. The molecule has 1 aliphatic rings. The first-order valence-electron chi connectivity index (χ1n) is 5.81. The Morgan fingerprint density at radius 2 is 2.06 bits per heavy atom. The van der Waals surface area contributed by atoms with Crippen molar-refractivity contribution < 1.29 is 4.74 Å². The van der Waals surface area contributed by atoms with Crippen LogP contribution >= 0.6 is 43.5 Å². The Kier molecular flexibility index (Phi) is 4.93. The van der Waals surface area contributed by atoms with Gasteiger partial charge in [0.2, 0.25) is 0 Å². The molecule has 0 amide bonds. The van der Waals surface area contributed by atoms with Crippen molar-refractivity contribution in [3.8, 4) is 0 Å². The fourth-order valence-electron chi connectivity index (χ4n) is 2.07. The molecular weight excluding hydrogens is 367 g/mol. The SMILES string of the molecule is Cc1cc(Br)c(C(Cl)C2CCCCO2)cc1Br. The molecule has 0 radical (unpaired) electrons. The number of hydrogen-bond acceptors (Lipinski definition) is 1. The number of alkyl halides is 1. The Bertz CT molecular complexity index is 403. The van der Waals surface area contributed by atoms with E-state index in [9.17, 15) is 0 Å². The van der Waals surface area contributed by atoms with Crippen LogP contribution in [-0.2, 0) is 4.74 Å². The van der Waals surface area contributed by atoms with Crippen molar-refractivity contribution in [3.63, 3.8) is 0 Å². The average molecular weight is 383 g/mol. The second kappa shape index (κ2) is 6.05. The molecule has 2 rings (SSSR count). The van der Waals surface area contributed by atoms with Crippen LogP contribution in [0.2, 0.25) is 0 Å². The van der Waals surface area contributed by atoms with Gasteiger partial charge in [-0.25, -0.2) is 0 Å². The van der Waals surface area contributed by atoms with E-state index in [4.69, 9.17) is 16.3 Å². The highest BCUT2D eigenvalue weighted by atomic mass is 79.9. The Balaban J connectivity index is 2.23. The highest BCUT2D eigenvalue weighted by molar-refractivity contribution is 9.11. The fraction of sp³-hybridized carbons (Fsp3) is 0.538. The van der Waals surface area contributed by atoms with E-state index in [0.717, 1.165) is 34.0 Å². The summed E-state index contributed by atoms with van der Waals surface area (Å²) in [4.78, 5) is 0. The average Bonchev–Trinajstić information content (AvgIpc) is 2.34. The van der Waals surface area contributed by atoms with Crippen molar-refractivity contribution in [2.75, 3.05) is 6.61 Å². The molecule has 1 aromatic rings. The lowest BCUT2D eigenvalue weighted by molar-refractivity contribution is 0.0135. The zero-order valence-corrected chi connectivity index (χ0v) is 13.6. The summed E-state index contributed by atoms with van der Waals surface area (Å²) in [5.74, 6) is 0. The molecule has 0 N–H and O–H groups in total. The molecule has 0 saturated carbocycles. The van der Waals surface area contributed by atoms with Gasteiger partial charge in [-0.1, -0.05) is 31.9 Å². The monoisotopic (exact) mass is 380 g/mol. The fourth-order valence-corrected chi connectivity index (χ4v) is 3.65. The van der Waals surface area contributed by atoms with Crippen molar-refractivity contribution in [2.45, 2.75) is 37.7 Å². The van der Waals surface area contributed by atoms with Gasteiger partial charge in [0.15, 0.2) is 0 Å². The van der Waals surface area contributed by atoms with Crippen molar-refractivity contribution in [2.24, 2.45) is 0 Å². The molecule has 1 heterocycles. The van der Waals surface area contributed by atoms with Crippen LogP contribution in [0.25, 0.3) is 0 Å². The van der Waals surface area contributed by atoms with Crippen LogP contribution in [-0.4, -0.2) is 12.7 Å². The first kappa shape index (κ1) is 13.9. The number of hydrogen-bond donors (Lipinski definition) is 0. The van der Waals surface area contributed by atoms with Crippen LogP contribution in [0.3, 0.4) is 0 Å². The predicted octanol–water partition coefficient (Wildman–Crippen LogP) is 5.37. The quantitative estimate of drug-likeness (QED) is 0.625. The van der Waals surface area contributed by atoms with E-state index in [0.29, 0.717) is 0 Å². The summed E-state index contributed by atoms with van der Waals surface area (Å²) in [5.41, 5.74) is 2.31. The number of ether oxygens (including phenoxy) is 1. The third kappa shape index (κ3) is 3.25. The lowest BCUT2D eigenvalue weighted by Gasteiger charge is -2.27. The molecule has 0 spiro atoms. The molecule has 0 aromatic heterocycles. The van der Waals surface area contributed by atoms with Crippen LogP contribution < -0.4 is 0 Å². The minimum atomic E-state index is -0.0819. The van der Waals surface area contributed by atoms with Gasteiger partial charge in [0, 0.05) is 15.6 Å². The van der Waals surface area contributed by atoms with Gasteiger partial charge in [0.25, 0.3) is 0 Å². The van der Waals surface area contributed by atoms with Crippen molar-refractivity contribution >= 4 is 43.5 Å². The lowest BCUT2D eigenvalue weighted by atomic mass is 10.00. The van der Waals surface area contributed by atoms with Crippen molar-refractivity contribution in [3.05, 3.63) is 32.2 Å².